The molecule has 1 aromatic carbocycles. The molecule has 0 atom stereocenters. The minimum Gasteiger partial charge on any atom is -0.481 e. The summed E-state index contributed by atoms with van der Waals surface area (Å²) in [5, 5.41) is 11.4. The number of hydrogen-bond donors (Lipinski definition) is 1. The lowest BCUT2D eigenvalue weighted by molar-refractivity contribution is -0.136. The monoisotopic (exact) mass is 224 g/mol. The van der Waals surface area contributed by atoms with Crippen molar-refractivity contribution in [1.82, 2.24) is 0 Å². The van der Waals surface area contributed by atoms with Crippen LogP contribution in [-0.2, 0) is 11.2 Å². The van der Waals surface area contributed by atoms with Gasteiger partial charge in [0, 0.05) is 11.1 Å². The van der Waals surface area contributed by atoms with Gasteiger partial charge in [-0.25, -0.2) is 4.39 Å². The second-order valence-electron chi connectivity index (χ2n) is 3.30. The van der Waals surface area contributed by atoms with Crippen LogP contribution in [0.25, 0.3) is 10.1 Å². The van der Waals surface area contributed by atoms with Gasteiger partial charge >= 0.3 is 5.97 Å². The predicted octanol–water partition coefficient (Wildman–Crippen LogP) is 3.06. The maximum absolute atomic E-state index is 12.9. The SMILES string of the molecule is O=C(O)CCc1csc2cc(F)ccc12. The summed E-state index contributed by atoms with van der Waals surface area (Å²) in [6.07, 6.45) is 0.615. The highest BCUT2D eigenvalue weighted by Gasteiger charge is 2.06. The summed E-state index contributed by atoms with van der Waals surface area (Å²) in [5.74, 6) is -1.06. The van der Waals surface area contributed by atoms with E-state index in [1.807, 2.05) is 5.38 Å². The molecule has 2 rings (SSSR count). The Balaban J connectivity index is 2.32. The van der Waals surface area contributed by atoms with E-state index in [9.17, 15) is 9.18 Å². The van der Waals surface area contributed by atoms with Gasteiger partial charge in [-0.1, -0.05) is 6.07 Å². The van der Waals surface area contributed by atoms with Crippen LogP contribution >= 0.6 is 11.3 Å². The molecule has 0 saturated heterocycles. The van der Waals surface area contributed by atoms with Gasteiger partial charge in [-0.05, 0) is 34.9 Å². The topological polar surface area (TPSA) is 37.3 Å². The Morgan fingerprint density at radius 1 is 1.47 bits per heavy atom. The van der Waals surface area contributed by atoms with Crippen molar-refractivity contribution >= 4 is 27.4 Å². The zero-order chi connectivity index (χ0) is 10.8. The van der Waals surface area contributed by atoms with Gasteiger partial charge in [0.2, 0.25) is 0 Å². The first-order valence-electron chi connectivity index (χ1n) is 4.54. The lowest BCUT2D eigenvalue weighted by atomic mass is 10.1. The van der Waals surface area contributed by atoms with Gasteiger partial charge in [0.05, 0.1) is 0 Å². The molecule has 0 radical (unpaired) electrons. The van der Waals surface area contributed by atoms with Crippen molar-refractivity contribution < 1.29 is 14.3 Å². The predicted molar refractivity (Wildman–Crippen MR) is 57.7 cm³/mol. The van der Waals surface area contributed by atoms with Crippen LogP contribution in [0, 0.1) is 5.82 Å². The lowest BCUT2D eigenvalue weighted by Gasteiger charge is -1.96. The Hall–Kier alpha value is -1.42. The molecule has 0 spiro atoms. The van der Waals surface area contributed by atoms with Crippen LogP contribution in [0.5, 0.6) is 0 Å². The Morgan fingerprint density at radius 2 is 2.27 bits per heavy atom. The molecule has 1 heterocycles. The molecule has 2 nitrogen and oxygen atoms in total. The van der Waals surface area contributed by atoms with E-state index in [1.54, 1.807) is 6.07 Å². The molecule has 1 N–H and O–H groups in total. The molecule has 15 heavy (non-hydrogen) atoms. The van der Waals surface area contributed by atoms with E-state index in [0.717, 1.165) is 15.6 Å². The number of aryl methyl sites for hydroxylation is 1. The van der Waals surface area contributed by atoms with Crippen LogP contribution in [0.2, 0.25) is 0 Å². The number of hydrogen-bond acceptors (Lipinski definition) is 2. The van der Waals surface area contributed by atoms with E-state index in [0.29, 0.717) is 6.42 Å². The number of thiophene rings is 1. The van der Waals surface area contributed by atoms with Crippen LogP contribution in [0.1, 0.15) is 12.0 Å². The zero-order valence-electron chi connectivity index (χ0n) is 7.87. The Morgan fingerprint density at radius 3 is 3.00 bits per heavy atom. The van der Waals surface area contributed by atoms with E-state index in [1.165, 1.54) is 23.5 Å². The van der Waals surface area contributed by atoms with Crippen molar-refractivity contribution in [3.63, 3.8) is 0 Å². The standard InChI is InChI=1S/C11H9FO2S/c12-8-2-3-9-7(1-4-11(13)14)6-15-10(9)5-8/h2-3,5-6H,1,4H2,(H,13,14). The van der Waals surface area contributed by atoms with E-state index < -0.39 is 5.97 Å². The third-order valence-corrected chi connectivity index (χ3v) is 3.22. The fraction of sp³-hybridized carbons (Fsp3) is 0.182. The maximum Gasteiger partial charge on any atom is 0.303 e. The van der Waals surface area contributed by atoms with Crippen molar-refractivity contribution in [2.24, 2.45) is 0 Å². The molecule has 0 amide bonds. The smallest absolute Gasteiger partial charge is 0.303 e. The number of carboxylic acids is 1. The van der Waals surface area contributed by atoms with Crippen molar-refractivity contribution in [3.05, 3.63) is 35.0 Å². The number of benzene rings is 1. The third kappa shape index (κ3) is 2.15. The van der Waals surface area contributed by atoms with Crippen LogP contribution in [-0.4, -0.2) is 11.1 Å². The van der Waals surface area contributed by atoms with E-state index >= 15 is 0 Å². The highest BCUT2D eigenvalue weighted by atomic mass is 32.1. The van der Waals surface area contributed by atoms with Crippen molar-refractivity contribution in [3.8, 4) is 0 Å². The average Bonchev–Trinajstić information content (AvgIpc) is 2.57. The molecular formula is C11H9FO2S. The number of aliphatic carboxylic acids is 1. The van der Waals surface area contributed by atoms with Crippen LogP contribution < -0.4 is 0 Å². The lowest BCUT2D eigenvalue weighted by Crippen LogP contribution is -1.96. The van der Waals surface area contributed by atoms with Gasteiger partial charge in [-0.15, -0.1) is 11.3 Å². The van der Waals surface area contributed by atoms with E-state index in [4.69, 9.17) is 5.11 Å². The summed E-state index contributed by atoms with van der Waals surface area (Å²) < 4.78 is 13.7. The number of fused-ring (bicyclic) bond motifs is 1. The quantitative estimate of drug-likeness (QED) is 0.870. The minimum atomic E-state index is -0.809. The molecule has 0 aliphatic heterocycles. The molecule has 0 fully saturated rings. The summed E-state index contributed by atoms with van der Waals surface area (Å²) in [6.45, 7) is 0. The second-order valence-corrected chi connectivity index (χ2v) is 4.21. The normalized spacial score (nSPS) is 10.7. The molecule has 0 bridgehead atoms. The Bertz CT molecular complexity index is 504. The number of rotatable bonds is 3. The van der Waals surface area contributed by atoms with Crippen LogP contribution in [0.3, 0.4) is 0 Å². The molecule has 1 aromatic heterocycles. The molecule has 4 heteroatoms. The fourth-order valence-corrected chi connectivity index (χ4v) is 2.51. The first-order chi connectivity index (χ1) is 7.16. The number of carboxylic acid groups (broad SMARTS) is 1. The van der Waals surface area contributed by atoms with Crippen LogP contribution in [0.4, 0.5) is 4.39 Å². The van der Waals surface area contributed by atoms with Gasteiger partial charge in [0.25, 0.3) is 0 Å². The summed E-state index contributed by atoms with van der Waals surface area (Å²) in [4.78, 5) is 10.4. The van der Waals surface area contributed by atoms with Gasteiger partial charge in [0.15, 0.2) is 0 Å². The minimum absolute atomic E-state index is 0.114. The molecule has 2 aromatic rings. The molecule has 0 saturated carbocycles. The largest absolute Gasteiger partial charge is 0.481 e. The molecule has 0 unspecified atom stereocenters. The fourth-order valence-electron chi connectivity index (χ4n) is 1.49. The van der Waals surface area contributed by atoms with Crippen molar-refractivity contribution in [1.29, 1.82) is 0 Å². The highest BCUT2D eigenvalue weighted by molar-refractivity contribution is 7.17. The first kappa shape index (κ1) is 10.1. The van der Waals surface area contributed by atoms with Gasteiger partial charge in [-0.3, -0.25) is 4.79 Å². The Kier molecular flexibility index (Phi) is 2.68. The maximum atomic E-state index is 12.9. The summed E-state index contributed by atoms with van der Waals surface area (Å²) in [5.41, 5.74) is 0.984. The highest BCUT2D eigenvalue weighted by Crippen LogP contribution is 2.27. The van der Waals surface area contributed by atoms with Crippen LogP contribution in [0.15, 0.2) is 23.6 Å². The van der Waals surface area contributed by atoms with Gasteiger partial charge < -0.3 is 5.11 Å². The first-order valence-corrected chi connectivity index (χ1v) is 5.42. The van der Waals surface area contributed by atoms with E-state index in [-0.39, 0.29) is 12.2 Å². The van der Waals surface area contributed by atoms with Crippen molar-refractivity contribution in [2.45, 2.75) is 12.8 Å². The zero-order valence-corrected chi connectivity index (χ0v) is 8.68. The average molecular weight is 224 g/mol. The number of halogens is 1. The Labute approximate surface area is 90.0 Å². The summed E-state index contributed by atoms with van der Waals surface area (Å²) >= 11 is 1.45. The second kappa shape index (κ2) is 3.98. The third-order valence-electron chi connectivity index (χ3n) is 2.23. The van der Waals surface area contributed by atoms with Gasteiger partial charge in [0.1, 0.15) is 5.82 Å². The molecule has 0 aliphatic carbocycles. The summed E-state index contributed by atoms with van der Waals surface area (Å²) in [6, 6.07) is 4.59. The van der Waals surface area contributed by atoms with Crippen molar-refractivity contribution in [2.75, 3.05) is 0 Å². The summed E-state index contributed by atoms with van der Waals surface area (Å²) in [7, 11) is 0. The van der Waals surface area contributed by atoms with Gasteiger partial charge in [-0.2, -0.15) is 0 Å². The van der Waals surface area contributed by atoms with E-state index in [2.05, 4.69) is 0 Å². The molecule has 78 valence electrons. The molecular weight excluding hydrogens is 215 g/mol. The molecule has 0 aliphatic rings. The number of carbonyl (C=O) groups is 1.